The van der Waals surface area contributed by atoms with E-state index in [9.17, 15) is 0 Å². The average Bonchev–Trinajstić information content (AvgIpc) is 3.20. The van der Waals surface area contributed by atoms with Gasteiger partial charge in [0.25, 0.3) is 0 Å². The third kappa shape index (κ3) is 2.73. The van der Waals surface area contributed by atoms with Crippen LogP contribution in [0.25, 0.3) is 43.8 Å². The fraction of sp³-hybridized carbons (Fsp3) is 0. The first kappa shape index (κ1) is 16.9. The van der Waals surface area contributed by atoms with Gasteiger partial charge in [0.2, 0.25) is 0 Å². The summed E-state index contributed by atoms with van der Waals surface area (Å²) in [5.41, 5.74) is 6.17. The van der Waals surface area contributed by atoms with Gasteiger partial charge in [-0.05, 0) is 46.8 Å². The summed E-state index contributed by atoms with van der Waals surface area (Å²) in [6.45, 7) is 0. The van der Waals surface area contributed by atoms with Crippen molar-refractivity contribution < 1.29 is 4.42 Å². The molecule has 1 N–H and O–H groups in total. The zero-order valence-corrected chi connectivity index (χ0v) is 16.3. The second-order valence-electron chi connectivity index (χ2n) is 7.52. The number of hydrogen-bond donors (Lipinski definition) is 1. The third-order valence-corrected chi connectivity index (χ3v) is 5.62. The maximum Gasteiger partial charge on any atom is 0.158 e. The zero-order chi connectivity index (χ0) is 19.9. The van der Waals surface area contributed by atoms with Crippen LogP contribution in [0.5, 0.6) is 0 Å². The minimum Gasteiger partial charge on any atom is -0.453 e. The molecule has 0 fully saturated rings. The van der Waals surface area contributed by atoms with Crippen LogP contribution in [-0.2, 0) is 0 Å². The molecular weight excluding hydrogens is 366 g/mol. The SMILES string of the molecule is c1ccc(Nc2cc(-c3ccccc3)cc3c2oc2c4ccccc4ccc32)cc1. The summed E-state index contributed by atoms with van der Waals surface area (Å²) in [6.07, 6.45) is 0. The second kappa shape index (κ2) is 6.78. The highest BCUT2D eigenvalue weighted by atomic mass is 16.3. The van der Waals surface area contributed by atoms with Gasteiger partial charge in [-0.1, -0.05) is 78.9 Å². The number of hydrogen-bond acceptors (Lipinski definition) is 2. The number of nitrogens with one attached hydrogen (secondary N) is 1. The Kier molecular flexibility index (Phi) is 3.82. The van der Waals surface area contributed by atoms with E-state index in [1.807, 2.05) is 24.3 Å². The second-order valence-corrected chi connectivity index (χ2v) is 7.52. The van der Waals surface area contributed by atoms with E-state index in [1.165, 1.54) is 10.9 Å². The van der Waals surface area contributed by atoms with Crippen LogP contribution in [0.15, 0.2) is 114 Å². The lowest BCUT2D eigenvalue weighted by Crippen LogP contribution is -1.91. The number of furan rings is 1. The summed E-state index contributed by atoms with van der Waals surface area (Å²) < 4.78 is 6.50. The lowest BCUT2D eigenvalue weighted by molar-refractivity contribution is 0.674. The summed E-state index contributed by atoms with van der Waals surface area (Å²) in [5.74, 6) is 0. The maximum atomic E-state index is 6.50. The van der Waals surface area contributed by atoms with Crippen molar-refractivity contribution in [1.29, 1.82) is 0 Å². The average molecular weight is 385 g/mol. The molecule has 0 saturated carbocycles. The Balaban J connectivity index is 1.67. The molecule has 0 amide bonds. The van der Waals surface area contributed by atoms with E-state index in [1.54, 1.807) is 0 Å². The number of rotatable bonds is 3. The van der Waals surface area contributed by atoms with Gasteiger partial charge >= 0.3 is 0 Å². The van der Waals surface area contributed by atoms with Crippen molar-refractivity contribution in [1.82, 2.24) is 0 Å². The molecule has 0 aliphatic carbocycles. The number of fused-ring (bicyclic) bond motifs is 5. The standard InChI is InChI=1S/C28H19NO/c1-3-9-19(10-4-1)21-17-25-24-16-15-20-11-7-8-14-23(20)27(24)30-28(25)26(18-21)29-22-12-5-2-6-13-22/h1-18,29H. The van der Waals surface area contributed by atoms with Gasteiger partial charge in [0.1, 0.15) is 5.58 Å². The first-order valence-electron chi connectivity index (χ1n) is 10.1. The molecule has 30 heavy (non-hydrogen) atoms. The predicted molar refractivity (Wildman–Crippen MR) is 126 cm³/mol. The molecule has 0 bridgehead atoms. The van der Waals surface area contributed by atoms with Crippen molar-refractivity contribution in [3.8, 4) is 11.1 Å². The molecule has 142 valence electrons. The molecule has 0 radical (unpaired) electrons. The molecule has 0 spiro atoms. The first-order valence-corrected chi connectivity index (χ1v) is 10.1. The summed E-state index contributed by atoms with van der Waals surface area (Å²) in [4.78, 5) is 0. The van der Waals surface area contributed by atoms with Gasteiger partial charge in [-0.15, -0.1) is 0 Å². The summed E-state index contributed by atoms with van der Waals surface area (Å²) >= 11 is 0. The quantitative estimate of drug-likeness (QED) is 0.332. The molecule has 2 nitrogen and oxygen atoms in total. The fourth-order valence-electron chi connectivity index (χ4n) is 4.17. The summed E-state index contributed by atoms with van der Waals surface area (Å²) in [7, 11) is 0. The Labute approximate surface area is 174 Å². The van der Waals surface area contributed by atoms with E-state index in [0.717, 1.165) is 44.3 Å². The molecule has 0 aliphatic rings. The van der Waals surface area contributed by atoms with Crippen LogP contribution in [0, 0.1) is 0 Å². The zero-order valence-electron chi connectivity index (χ0n) is 16.3. The van der Waals surface area contributed by atoms with Gasteiger partial charge in [-0.3, -0.25) is 0 Å². The number of benzene rings is 5. The van der Waals surface area contributed by atoms with E-state index < -0.39 is 0 Å². The number of para-hydroxylation sites is 1. The summed E-state index contributed by atoms with van der Waals surface area (Å²) in [6, 6.07) is 37.8. The van der Waals surface area contributed by atoms with Crippen molar-refractivity contribution >= 4 is 44.1 Å². The van der Waals surface area contributed by atoms with Gasteiger partial charge in [0.15, 0.2) is 5.58 Å². The molecule has 6 aromatic rings. The van der Waals surface area contributed by atoms with Crippen LogP contribution in [0.2, 0.25) is 0 Å². The van der Waals surface area contributed by atoms with Crippen molar-refractivity contribution in [2.45, 2.75) is 0 Å². The minimum absolute atomic E-state index is 0.880. The van der Waals surface area contributed by atoms with Crippen molar-refractivity contribution in [2.24, 2.45) is 0 Å². The van der Waals surface area contributed by atoms with Crippen LogP contribution >= 0.6 is 0 Å². The normalized spacial score (nSPS) is 11.3. The Hall–Kier alpha value is -4.04. The molecule has 2 heteroatoms. The highest BCUT2D eigenvalue weighted by Gasteiger charge is 2.15. The predicted octanol–water partition coefficient (Wildman–Crippen LogP) is 8.15. The van der Waals surface area contributed by atoms with Crippen LogP contribution in [0.4, 0.5) is 11.4 Å². The highest BCUT2D eigenvalue weighted by Crippen LogP contribution is 2.40. The first-order chi connectivity index (χ1) is 14.9. The Morgan fingerprint density at radius 2 is 1.23 bits per heavy atom. The largest absolute Gasteiger partial charge is 0.453 e. The molecule has 1 heterocycles. The Morgan fingerprint density at radius 1 is 0.500 bits per heavy atom. The van der Waals surface area contributed by atoms with Gasteiger partial charge in [0, 0.05) is 21.8 Å². The van der Waals surface area contributed by atoms with Crippen LogP contribution in [0.1, 0.15) is 0 Å². The lowest BCUT2D eigenvalue weighted by Gasteiger charge is -2.10. The molecule has 0 aliphatic heterocycles. The minimum atomic E-state index is 0.880. The molecule has 0 saturated heterocycles. The van der Waals surface area contributed by atoms with E-state index in [4.69, 9.17) is 4.42 Å². The van der Waals surface area contributed by atoms with Crippen LogP contribution < -0.4 is 5.32 Å². The highest BCUT2D eigenvalue weighted by molar-refractivity contribution is 6.18. The van der Waals surface area contributed by atoms with Crippen molar-refractivity contribution in [2.75, 3.05) is 5.32 Å². The Morgan fingerprint density at radius 3 is 2.07 bits per heavy atom. The van der Waals surface area contributed by atoms with E-state index in [-0.39, 0.29) is 0 Å². The third-order valence-electron chi connectivity index (χ3n) is 5.62. The summed E-state index contributed by atoms with van der Waals surface area (Å²) in [5, 5.41) is 8.15. The van der Waals surface area contributed by atoms with Gasteiger partial charge in [0.05, 0.1) is 5.69 Å². The number of anilines is 2. The molecule has 0 atom stereocenters. The molecular formula is C28H19NO. The molecule has 1 aromatic heterocycles. The van der Waals surface area contributed by atoms with E-state index in [2.05, 4.69) is 90.2 Å². The lowest BCUT2D eigenvalue weighted by atomic mass is 10.0. The molecule has 5 aromatic carbocycles. The van der Waals surface area contributed by atoms with Gasteiger partial charge in [-0.2, -0.15) is 0 Å². The van der Waals surface area contributed by atoms with E-state index >= 15 is 0 Å². The van der Waals surface area contributed by atoms with Gasteiger partial charge in [-0.25, -0.2) is 0 Å². The Bertz CT molecular complexity index is 1500. The van der Waals surface area contributed by atoms with E-state index in [0.29, 0.717) is 0 Å². The topological polar surface area (TPSA) is 25.2 Å². The molecule has 6 rings (SSSR count). The monoisotopic (exact) mass is 385 g/mol. The fourth-order valence-corrected chi connectivity index (χ4v) is 4.17. The van der Waals surface area contributed by atoms with Gasteiger partial charge < -0.3 is 9.73 Å². The van der Waals surface area contributed by atoms with Crippen LogP contribution in [0.3, 0.4) is 0 Å². The molecule has 0 unspecified atom stereocenters. The van der Waals surface area contributed by atoms with Crippen LogP contribution in [-0.4, -0.2) is 0 Å². The maximum absolute atomic E-state index is 6.50. The van der Waals surface area contributed by atoms with Crippen molar-refractivity contribution in [3.05, 3.63) is 109 Å². The van der Waals surface area contributed by atoms with Crippen molar-refractivity contribution in [3.63, 3.8) is 0 Å². The smallest absolute Gasteiger partial charge is 0.158 e.